The molecule has 1 amide bonds. The van der Waals surface area contributed by atoms with Gasteiger partial charge in [-0.15, -0.1) is 0 Å². The molecule has 1 saturated heterocycles. The number of hydrogen-bond acceptors (Lipinski definition) is 4. The van der Waals surface area contributed by atoms with Crippen LogP contribution in [0.2, 0.25) is 0 Å². The quantitative estimate of drug-likeness (QED) is 0.865. The van der Waals surface area contributed by atoms with Crippen LogP contribution in [-0.2, 0) is 11.8 Å². The molecular weight excluding hydrogens is 372 g/mol. The summed E-state index contributed by atoms with van der Waals surface area (Å²) in [6.45, 7) is 3.90. The van der Waals surface area contributed by atoms with E-state index in [-0.39, 0.29) is 11.9 Å². The highest BCUT2D eigenvalue weighted by Crippen LogP contribution is 2.23. The van der Waals surface area contributed by atoms with Gasteiger partial charge in [-0.2, -0.15) is 0 Å². The second kappa shape index (κ2) is 7.36. The second-order valence-electron chi connectivity index (χ2n) is 5.87. The van der Waals surface area contributed by atoms with Crippen molar-refractivity contribution in [2.45, 2.75) is 19.1 Å². The largest absolute Gasteiger partial charge is 0.481 e. The van der Waals surface area contributed by atoms with E-state index in [0.29, 0.717) is 18.8 Å². The van der Waals surface area contributed by atoms with Gasteiger partial charge in [0.15, 0.2) is 6.10 Å². The average Bonchev–Trinajstić information content (AvgIpc) is 3.00. The fraction of sp³-hybridized carbons (Fsp3) is 0.412. The molecule has 7 heteroatoms. The Labute approximate surface area is 149 Å². The maximum atomic E-state index is 12.9. The third-order valence-corrected chi connectivity index (χ3v) is 4.63. The molecule has 1 N–H and O–H groups in total. The summed E-state index contributed by atoms with van der Waals surface area (Å²) in [6.07, 6.45) is 3.10. The zero-order valence-corrected chi connectivity index (χ0v) is 15.4. The fourth-order valence-electron chi connectivity index (χ4n) is 2.93. The topological polar surface area (TPSA) is 59.4 Å². The molecule has 2 heterocycles. The van der Waals surface area contributed by atoms with Gasteiger partial charge in [-0.3, -0.25) is 4.79 Å². The number of halogens is 1. The van der Waals surface area contributed by atoms with Crippen LogP contribution < -0.4 is 10.1 Å². The first-order chi connectivity index (χ1) is 11.6. The van der Waals surface area contributed by atoms with E-state index in [1.165, 1.54) is 0 Å². The number of ether oxygens (including phenoxy) is 1. The Kier molecular flexibility index (Phi) is 5.20. The van der Waals surface area contributed by atoms with Gasteiger partial charge in [0.05, 0.1) is 0 Å². The molecule has 1 aromatic heterocycles. The Morgan fingerprint density at radius 3 is 3.04 bits per heavy atom. The van der Waals surface area contributed by atoms with Crippen molar-refractivity contribution < 1.29 is 9.53 Å². The van der Waals surface area contributed by atoms with Crippen LogP contribution in [0.5, 0.6) is 5.75 Å². The van der Waals surface area contributed by atoms with Gasteiger partial charge in [0.1, 0.15) is 17.6 Å². The van der Waals surface area contributed by atoms with Crippen molar-refractivity contribution in [2.75, 3.05) is 19.6 Å². The lowest BCUT2D eigenvalue weighted by Gasteiger charge is -2.37. The van der Waals surface area contributed by atoms with Crippen molar-refractivity contribution in [1.29, 1.82) is 0 Å². The van der Waals surface area contributed by atoms with Crippen molar-refractivity contribution in [3.63, 3.8) is 0 Å². The monoisotopic (exact) mass is 392 g/mol. The number of rotatable bonds is 4. The minimum Gasteiger partial charge on any atom is -0.481 e. The smallest absolute Gasteiger partial charge is 0.264 e. The molecule has 2 unspecified atom stereocenters. The minimum absolute atomic E-state index is 0.0236. The second-order valence-corrected chi connectivity index (χ2v) is 6.78. The molecule has 3 rings (SSSR count). The SMILES string of the molecule is CC(Oc1cccc(Br)c1)C(=O)N1CCNCC1c1nccn1C. The van der Waals surface area contributed by atoms with Gasteiger partial charge in [0.25, 0.3) is 5.91 Å². The summed E-state index contributed by atoms with van der Waals surface area (Å²) >= 11 is 3.41. The Balaban J connectivity index is 1.75. The predicted octanol–water partition coefficient (Wildman–Crippen LogP) is 2.12. The van der Waals surface area contributed by atoms with Crippen molar-refractivity contribution in [3.8, 4) is 5.75 Å². The molecule has 1 fully saturated rings. The Morgan fingerprint density at radius 2 is 2.33 bits per heavy atom. The molecular formula is C17H21BrN4O2. The Bertz CT molecular complexity index is 718. The molecule has 0 aliphatic carbocycles. The zero-order chi connectivity index (χ0) is 17.1. The maximum Gasteiger partial charge on any atom is 0.264 e. The lowest BCUT2D eigenvalue weighted by atomic mass is 10.1. The van der Waals surface area contributed by atoms with Gasteiger partial charge in [0.2, 0.25) is 0 Å². The number of nitrogens with one attached hydrogen (secondary N) is 1. The van der Waals surface area contributed by atoms with E-state index < -0.39 is 6.10 Å². The molecule has 1 aromatic carbocycles. The number of hydrogen-bond donors (Lipinski definition) is 1. The number of benzene rings is 1. The number of carbonyl (C=O) groups excluding carboxylic acids is 1. The van der Waals surface area contributed by atoms with E-state index in [1.54, 1.807) is 13.1 Å². The first-order valence-corrected chi connectivity index (χ1v) is 8.76. The number of aryl methyl sites for hydroxylation is 1. The van der Waals surface area contributed by atoms with Gasteiger partial charge < -0.3 is 19.5 Å². The molecule has 6 nitrogen and oxygen atoms in total. The normalized spacial score (nSPS) is 19.1. The molecule has 0 spiro atoms. The number of carbonyl (C=O) groups is 1. The van der Waals surface area contributed by atoms with Crippen molar-refractivity contribution in [1.82, 2.24) is 19.8 Å². The Morgan fingerprint density at radius 1 is 1.50 bits per heavy atom. The predicted molar refractivity (Wildman–Crippen MR) is 94.8 cm³/mol. The van der Waals surface area contributed by atoms with Crippen LogP contribution in [-0.4, -0.2) is 46.1 Å². The van der Waals surface area contributed by atoms with Gasteiger partial charge in [-0.1, -0.05) is 22.0 Å². The van der Waals surface area contributed by atoms with E-state index in [2.05, 4.69) is 26.2 Å². The standard InChI is InChI=1S/C17H21BrN4O2/c1-12(24-14-5-3-4-13(18)10-14)17(23)22-9-6-19-11-15(22)16-20-7-8-21(16)2/h3-5,7-8,10,12,15,19H,6,9,11H2,1-2H3. The van der Waals surface area contributed by atoms with Gasteiger partial charge in [0, 0.05) is 43.5 Å². The number of nitrogens with zero attached hydrogens (tertiary/aromatic N) is 3. The number of imidazole rings is 1. The fourth-order valence-corrected chi connectivity index (χ4v) is 3.30. The summed E-state index contributed by atoms with van der Waals surface area (Å²) in [5.41, 5.74) is 0. The van der Waals surface area contributed by atoms with E-state index in [9.17, 15) is 4.79 Å². The third kappa shape index (κ3) is 3.62. The summed E-state index contributed by atoms with van der Waals surface area (Å²) < 4.78 is 8.72. The third-order valence-electron chi connectivity index (χ3n) is 4.14. The Hall–Kier alpha value is -1.86. The molecule has 0 bridgehead atoms. The van der Waals surface area contributed by atoms with E-state index in [4.69, 9.17) is 4.74 Å². The first-order valence-electron chi connectivity index (χ1n) is 7.97. The molecule has 128 valence electrons. The molecule has 1 aliphatic heterocycles. The molecule has 0 radical (unpaired) electrons. The molecule has 24 heavy (non-hydrogen) atoms. The van der Waals surface area contributed by atoms with Crippen LogP contribution in [0.4, 0.5) is 0 Å². The van der Waals surface area contributed by atoms with E-state index >= 15 is 0 Å². The van der Waals surface area contributed by atoms with Crippen LogP contribution in [0.25, 0.3) is 0 Å². The highest BCUT2D eigenvalue weighted by Gasteiger charge is 2.33. The average molecular weight is 393 g/mol. The molecule has 2 atom stereocenters. The van der Waals surface area contributed by atoms with Crippen LogP contribution in [0.3, 0.4) is 0 Å². The van der Waals surface area contributed by atoms with Crippen molar-refractivity contribution >= 4 is 21.8 Å². The van der Waals surface area contributed by atoms with Crippen LogP contribution >= 0.6 is 15.9 Å². The molecule has 0 saturated carbocycles. The number of aromatic nitrogens is 2. The summed E-state index contributed by atoms with van der Waals surface area (Å²) in [5.74, 6) is 1.53. The van der Waals surface area contributed by atoms with E-state index in [0.717, 1.165) is 16.8 Å². The highest BCUT2D eigenvalue weighted by molar-refractivity contribution is 9.10. The maximum absolute atomic E-state index is 12.9. The number of piperazine rings is 1. The summed E-state index contributed by atoms with van der Waals surface area (Å²) in [5, 5.41) is 3.34. The first kappa shape index (κ1) is 17.0. The lowest BCUT2D eigenvalue weighted by Crippen LogP contribution is -2.52. The summed E-state index contributed by atoms with van der Waals surface area (Å²) in [7, 11) is 1.95. The van der Waals surface area contributed by atoms with Crippen molar-refractivity contribution in [3.05, 3.63) is 47.0 Å². The molecule has 2 aromatic rings. The van der Waals surface area contributed by atoms with Gasteiger partial charge >= 0.3 is 0 Å². The summed E-state index contributed by atoms with van der Waals surface area (Å²) in [4.78, 5) is 19.2. The van der Waals surface area contributed by atoms with Gasteiger partial charge in [-0.25, -0.2) is 4.98 Å². The minimum atomic E-state index is -0.555. The molecule has 1 aliphatic rings. The zero-order valence-electron chi connectivity index (χ0n) is 13.8. The van der Waals surface area contributed by atoms with Gasteiger partial charge in [-0.05, 0) is 25.1 Å². The van der Waals surface area contributed by atoms with Crippen molar-refractivity contribution in [2.24, 2.45) is 7.05 Å². The van der Waals surface area contributed by atoms with E-state index in [1.807, 2.05) is 47.0 Å². The highest BCUT2D eigenvalue weighted by atomic mass is 79.9. The van der Waals surface area contributed by atoms with Crippen LogP contribution in [0.15, 0.2) is 41.1 Å². The van der Waals surface area contributed by atoms with Crippen LogP contribution in [0, 0.1) is 0 Å². The number of amides is 1. The lowest BCUT2D eigenvalue weighted by molar-refractivity contribution is -0.141. The van der Waals surface area contributed by atoms with Crippen LogP contribution in [0.1, 0.15) is 18.8 Å². The summed E-state index contributed by atoms with van der Waals surface area (Å²) in [6, 6.07) is 7.44.